The van der Waals surface area contributed by atoms with Crippen LogP contribution in [-0.2, 0) is 25.5 Å². The maximum Gasteiger partial charge on any atom is 0.407 e. The molecular formula is C46H62N8O6. The van der Waals surface area contributed by atoms with Gasteiger partial charge in [0.05, 0.1) is 50.1 Å². The van der Waals surface area contributed by atoms with Gasteiger partial charge < -0.3 is 39.9 Å². The minimum Gasteiger partial charge on any atom is -0.453 e. The van der Waals surface area contributed by atoms with Crippen molar-refractivity contribution in [2.45, 2.75) is 117 Å². The van der Waals surface area contributed by atoms with E-state index in [1.165, 1.54) is 36.5 Å². The third-order valence-corrected chi connectivity index (χ3v) is 13.1. The summed E-state index contributed by atoms with van der Waals surface area (Å²) in [5.41, 5.74) is 8.07. The maximum atomic E-state index is 13.8. The molecule has 1 unspecified atom stereocenters. The van der Waals surface area contributed by atoms with Gasteiger partial charge in [0.15, 0.2) is 0 Å². The number of allylic oxidation sites excluding steroid dienone is 4. The van der Waals surface area contributed by atoms with E-state index < -0.39 is 24.3 Å². The van der Waals surface area contributed by atoms with Crippen LogP contribution in [0.2, 0.25) is 0 Å². The Hall–Kier alpha value is -5.40. The Kier molecular flexibility index (Phi) is 12.9. The number of imidazole rings is 2. The molecular weight excluding hydrogens is 761 g/mol. The zero-order valence-corrected chi connectivity index (χ0v) is 36.3. The van der Waals surface area contributed by atoms with Crippen molar-refractivity contribution in [1.82, 2.24) is 40.4 Å². The molecule has 1 aromatic carbocycles. The number of methoxy groups -OCH3 is 2. The van der Waals surface area contributed by atoms with Gasteiger partial charge in [-0.2, -0.15) is 0 Å². The Morgan fingerprint density at radius 2 is 1.33 bits per heavy atom. The minimum atomic E-state index is -0.692. The van der Waals surface area contributed by atoms with E-state index in [9.17, 15) is 19.2 Å². The van der Waals surface area contributed by atoms with Crippen molar-refractivity contribution in [3.05, 3.63) is 76.8 Å². The lowest BCUT2D eigenvalue weighted by molar-refractivity contribution is -0.136. The second-order valence-electron chi connectivity index (χ2n) is 17.8. The summed E-state index contributed by atoms with van der Waals surface area (Å²) in [5.74, 6) is 1.86. The van der Waals surface area contributed by atoms with Crippen molar-refractivity contribution in [2.75, 3.05) is 27.3 Å². The van der Waals surface area contributed by atoms with Crippen molar-refractivity contribution >= 4 is 29.6 Å². The van der Waals surface area contributed by atoms with Gasteiger partial charge in [0.1, 0.15) is 23.7 Å². The second kappa shape index (κ2) is 18.1. The summed E-state index contributed by atoms with van der Waals surface area (Å²) in [6, 6.07) is 5.06. The number of hydrogen-bond acceptors (Lipinski definition) is 8. The maximum absolute atomic E-state index is 13.8. The van der Waals surface area contributed by atoms with Gasteiger partial charge in [0.2, 0.25) is 11.8 Å². The summed E-state index contributed by atoms with van der Waals surface area (Å²) in [7, 11) is 2.61. The van der Waals surface area contributed by atoms with Crippen LogP contribution in [0.1, 0.15) is 127 Å². The number of benzene rings is 1. The quantitative estimate of drug-likeness (QED) is 0.162. The number of carbonyl (C=O) groups is 4. The zero-order chi connectivity index (χ0) is 42.8. The lowest BCUT2D eigenvalue weighted by Gasteiger charge is -2.32. The number of aromatic nitrogens is 4. The van der Waals surface area contributed by atoms with Crippen LogP contribution in [0.3, 0.4) is 0 Å². The Balaban J connectivity index is 1.12. The Bertz CT molecular complexity index is 2130. The van der Waals surface area contributed by atoms with Crippen LogP contribution >= 0.6 is 0 Å². The van der Waals surface area contributed by atoms with Gasteiger partial charge in [-0.3, -0.25) is 9.59 Å². The second-order valence-corrected chi connectivity index (χ2v) is 17.8. The van der Waals surface area contributed by atoms with Crippen molar-refractivity contribution in [1.29, 1.82) is 0 Å². The third-order valence-electron chi connectivity index (χ3n) is 13.1. The smallest absolute Gasteiger partial charge is 0.407 e. The first-order valence-electron chi connectivity index (χ1n) is 21.7. The summed E-state index contributed by atoms with van der Waals surface area (Å²) in [4.78, 5) is 72.6. The standard InChI is InChI=1S/C46H62N8O6/c1-25(2)39(51-45(57)59-7)43(55)53-17-9-11-37(53)41-47-23-35(49-41)33-22-31-16-15-30(33)14-13-29-19-28(6)32(20-27(31)5)34(21-29)36-24-48-42(50-36)38-12-10-18-54(38)44(56)40(26(3)4)52-46(58)60-8/h15-16,19,21-28,32,37-40H,9-14,17-18,20H2,1-8H3,(H,47,49)(H,48,50)(H,51,57)(H,52,58)/t27-,28?,32+,37+,38+,39+,40+/m1/s1. The number of carbonyl (C=O) groups excluding carboxylic acids is 4. The highest BCUT2D eigenvalue weighted by Crippen LogP contribution is 2.44. The van der Waals surface area contributed by atoms with E-state index in [-0.39, 0.29) is 47.6 Å². The highest BCUT2D eigenvalue weighted by molar-refractivity contribution is 5.87. The molecule has 60 heavy (non-hydrogen) atoms. The van der Waals surface area contributed by atoms with E-state index in [0.717, 1.165) is 73.5 Å². The van der Waals surface area contributed by atoms with E-state index in [4.69, 9.17) is 19.4 Å². The first-order chi connectivity index (χ1) is 28.8. The van der Waals surface area contributed by atoms with Crippen LogP contribution in [-0.4, -0.2) is 93.1 Å². The van der Waals surface area contributed by atoms with Crippen LogP contribution in [0, 0.1) is 23.7 Å². The molecule has 5 aliphatic carbocycles. The predicted molar refractivity (Wildman–Crippen MR) is 228 cm³/mol. The van der Waals surface area contributed by atoms with Gasteiger partial charge in [-0.05, 0) is 97.3 Å². The normalized spacial score (nSPS) is 23.8. The van der Waals surface area contributed by atoms with Gasteiger partial charge in [-0.1, -0.05) is 71.4 Å². The van der Waals surface area contributed by atoms with Crippen LogP contribution in [0.15, 0.2) is 48.3 Å². The number of likely N-dealkylation sites (tertiary alicyclic amines) is 2. The highest BCUT2D eigenvalue weighted by atomic mass is 16.5. The molecule has 3 aromatic rings. The average molecular weight is 823 g/mol. The van der Waals surface area contributed by atoms with Crippen LogP contribution in [0.5, 0.6) is 0 Å². The molecule has 322 valence electrons. The number of nitrogens with one attached hydrogen (secondary N) is 4. The molecule has 0 radical (unpaired) electrons. The summed E-state index contributed by atoms with van der Waals surface area (Å²) in [5, 5.41) is 5.48. The number of aryl methyl sites for hydroxylation is 1. The van der Waals surface area contributed by atoms with E-state index in [1.807, 2.05) is 49.9 Å². The van der Waals surface area contributed by atoms with Crippen molar-refractivity contribution in [3.8, 4) is 11.3 Å². The number of ether oxygens (including phenoxy) is 2. The molecule has 2 fully saturated rings. The molecule has 2 aromatic heterocycles. The van der Waals surface area contributed by atoms with Crippen molar-refractivity contribution in [2.24, 2.45) is 23.7 Å². The number of H-pyrrole nitrogens is 2. The van der Waals surface area contributed by atoms with E-state index in [1.54, 1.807) is 0 Å². The van der Waals surface area contributed by atoms with Gasteiger partial charge >= 0.3 is 12.2 Å². The van der Waals surface area contributed by atoms with Crippen LogP contribution < -0.4 is 10.6 Å². The fourth-order valence-corrected chi connectivity index (χ4v) is 9.71. The minimum absolute atomic E-state index is 0.107. The molecule has 0 saturated carbocycles. The van der Waals surface area contributed by atoms with Gasteiger partial charge in [0, 0.05) is 18.7 Å². The highest BCUT2D eigenvalue weighted by Gasteiger charge is 2.40. The lowest BCUT2D eigenvalue weighted by Crippen LogP contribution is -2.51. The number of amides is 4. The van der Waals surface area contributed by atoms with E-state index in [0.29, 0.717) is 19.0 Å². The summed E-state index contributed by atoms with van der Waals surface area (Å²) in [6.45, 7) is 13.5. The zero-order valence-electron chi connectivity index (χ0n) is 36.3. The largest absolute Gasteiger partial charge is 0.453 e. The molecule has 4 N–H and O–H groups in total. The SMILES string of the molecule is COC(=O)N[C@H](C(=O)N1CCC[C@H]1c1ncc(C2=CC3=CC(C)[C@@H]2C[C@@H](C)c2ccc(c(-c4cnc([C@@H]5CCCN5C(=O)[C@@H](NC(=O)OC)C(C)C)[nH]4)c2)CC3)[nH]1)C(C)C. The fourth-order valence-electron chi connectivity index (χ4n) is 9.71. The Morgan fingerprint density at radius 3 is 1.88 bits per heavy atom. The van der Waals surface area contributed by atoms with Crippen LogP contribution in [0.4, 0.5) is 9.59 Å². The number of aromatic amines is 2. The summed E-state index contributed by atoms with van der Waals surface area (Å²) < 4.78 is 9.64. The lowest BCUT2D eigenvalue weighted by atomic mass is 9.73. The molecule has 14 nitrogen and oxygen atoms in total. The molecule has 7 atom stereocenters. The molecule has 0 spiro atoms. The number of alkyl carbamates (subject to hydrolysis) is 2. The molecule has 4 heterocycles. The van der Waals surface area contributed by atoms with Gasteiger partial charge in [-0.15, -0.1) is 0 Å². The number of rotatable bonds is 10. The molecule has 2 saturated heterocycles. The molecule has 10 rings (SSSR count). The Labute approximate surface area is 353 Å². The average Bonchev–Trinajstić information content (AvgIpc) is 4.07. The van der Waals surface area contributed by atoms with Gasteiger partial charge in [0.25, 0.3) is 0 Å². The fraction of sp³-hybridized carbons (Fsp3) is 0.565. The summed E-state index contributed by atoms with van der Waals surface area (Å²) >= 11 is 0. The topological polar surface area (TPSA) is 175 Å². The first kappa shape index (κ1) is 42.7. The molecule has 7 aliphatic rings. The molecule has 14 heteroatoms. The van der Waals surface area contributed by atoms with E-state index >= 15 is 0 Å². The first-order valence-corrected chi connectivity index (χ1v) is 21.7. The molecule has 4 amide bonds. The Morgan fingerprint density at radius 1 is 0.783 bits per heavy atom. The number of hydrogen-bond donors (Lipinski definition) is 4. The number of nitrogens with zero attached hydrogens (tertiary/aromatic N) is 4. The monoisotopic (exact) mass is 822 g/mol. The van der Waals surface area contributed by atoms with Crippen molar-refractivity contribution < 1.29 is 28.7 Å². The predicted octanol–water partition coefficient (Wildman–Crippen LogP) is 7.60. The van der Waals surface area contributed by atoms with Crippen molar-refractivity contribution in [3.63, 3.8) is 0 Å². The summed E-state index contributed by atoms with van der Waals surface area (Å²) in [6.07, 6.45) is 13.3. The third kappa shape index (κ3) is 8.74. The van der Waals surface area contributed by atoms with Gasteiger partial charge in [-0.25, -0.2) is 19.6 Å². The van der Waals surface area contributed by atoms with Crippen LogP contribution in [0.25, 0.3) is 16.8 Å². The molecule has 2 aliphatic heterocycles. The van der Waals surface area contributed by atoms with E-state index in [2.05, 4.69) is 64.8 Å². The molecule has 4 bridgehead atoms.